The molecule has 0 saturated heterocycles. The smallest absolute Gasteiger partial charge is 0.319 e. The zero-order valence-electron chi connectivity index (χ0n) is 9.37. The third-order valence-corrected chi connectivity index (χ3v) is 5.66. The Kier molecular flexibility index (Phi) is 3.29. The number of hydrogen-bond acceptors (Lipinski definition) is 2. The molecule has 86 valence electrons. The van der Waals surface area contributed by atoms with E-state index in [1.807, 2.05) is 0 Å². The molecule has 15 heavy (non-hydrogen) atoms. The Labute approximate surface area is 95.8 Å². The summed E-state index contributed by atoms with van der Waals surface area (Å²) in [5, 5.41) is 9.96. The van der Waals surface area contributed by atoms with Gasteiger partial charge < -0.3 is 5.11 Å². The van der Waals surface area contributed by atoms with Crippen molar-refractivity contribution in [2.75, 3.05) is 0 Å². The zero-order valence-corrected chi connectivity index (χ0v) is 10.2. The van der Waals surface area contributed by atoms with Gasteiger partial charge in [0.15, 0.2) is 0 Å². The van der Waals surface area contributed by atoms with Gasteiger partial charge in [-0.25, -0.2) is 0 Å². The minimum atomic E-state index is -0.566. The van der Waals surface area contributed by atoms with E-state index in [1.54, 1.807) is 11.8 Å². The number of rotatable bonds is 4. The molecule has 0 aromatic carbocycles. The molecule has 3 heteroatoms. The normalized spacial score (nSPS) is 36.5. The van der Waals surface area contributed by atoms with Crippen molar-refractivity contribution in [3.63, 3.8) is 0 Å². The van der Waals surface area contributed by atoms with Gasteiger partial charge in [0.25, 0.3) is 0 Å². The summed E-state index contributed by atoms with van der Waals surface area (Å²) in [4.78, 5) is 11.3. The highest BCUT2D eigenvalue weighted by Crippen LogP contribution is 2.53. The lowest BCUT2D eigenvalue weighted by molar-refractivity contribution is -0.143. The molecule has 2 aliphatic rings. The van der Waals surface area contributed by atoms with Gasteiger partial charge >= 0.3 is 5.97 Å². The molecule has 0 unspecified atom stereocenters. The van der Waals surface area contributed by atoms with Crippen molar-refractivity contribution < 1.29 is 9.90 Å². The Morgan fingerprint density at radius 2 is 2.00 bits per heavy atom. The van der Waals surface area contributed by atoms with Crippen LogP contribution < -0.4 is 0 Å². The van der Waals surface area contributed by atoms with E-state index in [4.69, 9.17) is 0 Å². The molecule has 2 aliphatic carbocycles. The second-order valence-electron chi connectivity index (χ2n) is 5.01. The Morgan fingerprint density at radius 3 is 2.47 bits per heavy atom. The predicted octanol–water partition coefficient (Wildman–Crippen LogP) is 3.31. The van der Waals surface area contributed by atoms with Gasteiger partial charge in [-0.1, -0.05) is 26.2 Å². The average molecular weight is 228 g/mol. The lowest BCUT2D eigenvalue weighted by Gasteiger charge is -2.45. The fourth-order valence-electron chi connectivity index (χ4n) is 2.81. The van der Waals surface area contributed by atoms with Crippen molar-refractivity contribution in [3.8, 4) is 0 Å². The summed E-state index contributed by atoms with van der Waals surface area (Å²) in [5.41, 5.74) is 0. The maximum absolute atomic E-state index is 11.3. The highest BCUT2D eigenvalue weighted by atomic mass is 32.2. The van der Waals surface area contributed by atoms with Crippen LogP contribution >= 0.6 is 11.8 Å². The summed E-state index contributed by atoms with van der Waals surface area (Å²) in [6, 6.07) is 0. The van der Waals surface area contributed by atoms with Gasteiger partial charge in [-0.2, -0.15) is 0 Å². The van der Waals surface area contributed by atoms with Crippen molar-refractivity contribution in [2.45, 2.75) is 61.9 Å². The van der Waals surface area contributed by atoms with E-state index in [2.05, 4.69) is 6.92 Å². The fraction of sp³-hybridized carbons (Fsp3) is 0.917. The fourth-order valence-corrected chi connectivity index (χ4v) is 4.78. The van der Waals surface area contributed by atoms with Crippen LogP contribution in [0.2, 0.25) is 0 Å². The van der Waals surface area contributed by atoms with E-state index in [0.29, 0.717) is 11.2 Å². The Balaban J connectivity index is 1.93. The van der Waals surface area contributed by atoms with Crippen LogP contribution in [0.15, 0.2) is 0 Å². The summed E-state index contributed by atoms with van der Waals surface area (Å²) in [6.45, 7) is 2.16. The number of aliphatic carboxylic acids is 1. The van der Waals surface area contributed by atoms with Crippen LogP contribution in [-0.4, -0.2) is 21.1 Å². The lowest BCUT2D eigenvalue weighted by atomic mass is 9.73. The third kappa shape index (κ3) is 2.17. The predicted molar refractivity (Wildman–Crippen MR) is 63.2 cm³/mol. The van der Waals surface area contributed by atoms with Crippen molar-refractivity contribution in [1.82, 2.24) is 0 Å². The van der Waals surface area contributed by atoms with Gasteiger partial charge in [0.2, 0.25) is 0 Å². The molecule has 0 aliphatic heterocycles. The van der Waals surface area contributed by atoms with Gasteiger partial charge in [-0.3, -0.25) is 4.79 Å². The average Bonchev–Trinajstić information content (AvgIpc) is 2.62. The maximum Gasteiger partial charge on any atom is 0.319 e. The third-order valence-electron chi connectivity index (χ3n) is 3.90. The van der Waals surface area contributed by atoms with Crippen LogP contribution in [-0.2, 0) is 4.79 Å². The van der Waals surface area contributed by atoms with Gasteiger partial charge in [0.05, 0.1) is 0 Å². The van der Waals surface area contributed by atoms with E-state index in [9.17, 15) is 9.90 Å². The zero-order chi connectivity index (χ0) is 10.9. The summed E-state index contributed by atoms with van der Waals surface area (Å²) in [6.07, 6.45) is 8.00. The molecule has 2 saturated carbocycles. The highest BCUT2D eigenvalue weighted by molar-refractivity contribution is 8.02. The highest BCUT2D eigenvalue weighted by Gasteiger charge is 2.51. The van der Waals surface area contributed by atoms with Gasteiger partial charge in [0, 0.05) is 5.25 Å². The first kappa shape index (κ1) is 11.3. The molecule has 0 bridgehead atoms. The van der Waals surface area contributed by atoms with Crippen LogP contribution in [0, 0.1) is 5.92 Å². The van der Waals surface area contributed by atoms with Gasteiger partial charge in [-0.15, -0.1) is 11.8 Å². The Bertz CT molecular complexity index is 240. The number of carboxylic acid groups (broad SMARTS) is 1. The van der Waals surface area contributed by atoms with Crippen LogP contribution in [0.1, 0.15) is 51.9 Å². The van der Waals surface area contributed by atoms with E-state index < -0.39 is 10.7 Å². The Hall–Kier alpha value is -0.180. The summed E-state index contributed by atoms with van der Waals surface area (Å²) >= 11 is 1.77. The number of thioether (sulfide) groups is 1. The molecule has 0 aromatic rings. The molecule has 2 rings (SSSR count). The monoisotopic (exact) mass is 228 g/mol. The van der Waals surface area contributed by atoms with E-state index >= 15 is 0 Å². The Morgan fingerprint density at radius 1 is 1.40 bits per heavy atom. The molecule has 0 radical (unpaired) electrons. The molecular weight excluding hydrogens is 208 g/mol. The number of hydrogen-bond donors (Lipinski definition) is 1. The second-order valence-corrected chi connectivity index (χ2v) is 6.69. The topological polar surface area (TPSA) is 37.3 Å². The first-order chi connectivity index (χ1) is 7.16. The summed E-state index contributed by atoms with van der Waals surface area (Å²) in [7, 11) is 0. The summed E-state index contributed by atoms with van der Waals surface area (Å²) < 4.78 is -0.407. The molecule has 0 heterocycles. The van der Waals surface area contributed by atoms with Crippen LogP contribution in [0.25, 0.3) is 0 Å². The van der Waals surface area contributed by atoms with E-state index in [1.165, 1.54) is 25.7 Å². The first-order valence-corrected chi connectivity index (χ1v) is 6.95. The molecule has 1 N–H and O–H groups in total. The SMILES string of the molecule is CCC1CC(SC2CCCC2)(C(=O)O)C1. The maximum atomic E-state index is 11.3. The summed E-state index contributed by atoms with van der Waals surface area (Å²) in [5.74, 6) is 0.0964. The molecule has 0 aromatic heterocycles. The first-order valence-electron chi connectivity index (χ1n) is 6.07. The largest absolute Gasteiger partial charge is 0.480 e. The van der Waals surface area contributed by atoms with Crippen molar-refractivity contribution >= 4 is 17.7 Å². The molecule has 0 atom stereocenters. The molecular formula is C12H20O2S. The molecule has 2 nitrogen and oxygen atoms in total. The quantitative estimate of drug-likeness (QED) is 0.802. The minimum absolute atomic E-state index is 0.407. The minimum Gasteiger partial charge on any atom is -0.480 e. The lowest BCUT2D eigenvalue weighted by Crippen LogP contribution is -2.48. The van der Waals surface area contributed by atoms with Crippen molar-refractivity contribution in [1.29, 1.82) is 0 Å². The van der Waals surface area contributed by atoms with Crippen LogP contribution in [0.4, 0.5) is 0 Å². The van der Waals surface area contributed by atoms with Crippen molar-refractivity contribution in [2.24, 2.45) is 5.92 Å². The molecule has 0 spiro atoms. The molecule has 2 fully saturated rings. The van der Waals surface area contributed by atoms with Crippen LogP contribution in [0.5, 0.6) is 0 Å². The second kappa shape index (κ2) is 4.36. The van der Waals surface area contributed by atoms with Gasteiger partial charge in [-0.05, 0) is 31.6 Å². The van der Waals surface area contributed by atoms with E-state index in [0.717, 1.165) is 19.3 Å². The van der Waals surface area contributed by atoms with Gasteiger partial charge in [0.1, 0.15) is 4.75 Å². The van der Waals surface area contributed by atoms with Crippen LogP contribution in [0.3, 0.4) is 0 Å². The number of carboxylic acids is 1. The standard InChI is InChI=1S/C12H20O2S/c1-2-9-7-12(8-9,11(13)14)15-10-5-3-4-6-10/h9-10H,2-8H2,1H3,(H,13,14). The van der Waals surface area contributed by atoms with E-state index in [-0.39, 0.29) is 0 Å². The number of carbonyl (C=O) groups is 1. The molecule has 0 amide bonds. The van der Waals surface area contributed by atoms with Crippen molar-refractivity contribution in [3.05, 3.63) is 0 Å².